The first-order valence-corrected chi connectivity index (χ1v) is 7.96. The van der Waals surface area contributed by atoms with Gasteiger partial charge in [-0.15, -0.1) is 0 Å². The lowest BCUT2D eigenvalue weighted by Gasteiger charge is -2.23. The van der Waals surface area contributed by atoms with E-state index in [1.54, 1.807) is 0 Å². The first kappa shape index (κ1) is 15.2. The Balaban J connectivity index is 1.43. The molecule has 4 heteroatoms. The van der Waals surface area contributed by atoms with Gasteiger partial charge in [0.15, 0.2) is 0 Å². The number of hydrogen-bond acceptors (Lipinski definition) is 4. The first-order chi connectivity index (χ1) is 9.34. The molecule has 2 unspecified atom stereocenters. The molecule has 1 aliphatic heterocycles. The molecule has 1 saturated heterocycles. The normalized spacial score (nSPS) is 26.7. The quantitative estimate of drug-likeness (QED) is 0.662. The van der Waals surface area contributed by atoms with Gasteiger partial charge in [0.2, 0.25) is 0 Å². The fraction of sp³-hybridized carbons (Fsp3) is 1.00. The molecule has 2 rings (SSSR count). The van der Waals surface area contributed by atoms with Gasteiger partial charge in [0, 0.05) is 13.2 Å². The molecule has 0 aromatic heterocycles. The highest BCUT2D eigenvalue weighted by atomic mass is 16.5. The summed E-state index contributed by atoms with van der Waals surface area (Å²) in [5.41, 5.74) is 0. The monoisotopic (exact) mass is 271 g/mol. The van der Waals surface area contributed by atoms with E-state index in [0.29, 0.717) is 25.4 Å². The fourth-order valence-electron chi connectivity index (χ4n) is 2.94. The number of rotatable bonds is 8. The van der Waals surface area contributed by atoms with Crippen molar-refractivity contribution in [3.8, 4) is 0 Å². The summed E-state index contributed by atoms with van der Waals surface area (Å²) in [6.07, 6.45) is 10.1. The maximum atomic E-state index is 9.85. The summed E-state index contributed by atoms with van der Waals surface area (Å²) in [6.45, 7) is 2.94. The summed E-state index contributed by atoms with van der Waals surface area (Å²) >= 11 is 0. The van der Waals surface area contributed by atoms with Gasteiger partial charge in [-0.2, -0.15) is 0 Å². The molecule has 0 aromatic carbocycles. The fourth-order valence-corrected chi connectivity index (χ4v) is 2.94. The first-order valence-electron chi connectivity index (χ1n) is 7.96. The van der Waals surface area contributed by atoms with Crippen LogP contribution in [-0.2, 0) is 9.47 Å². The average molecular weight is 271 g/mol. The maximum Gasteiger partial charge on any atom is 0.0897 e. The van der Waals surface area contributed by atoms with Crippen LogP contribution in [0.15, 0.2) is 0 Å². The molecule has 1 aliphatic carbocycles. The van der Waals surface area contributed by atoms with Crippen molar-refractivity contribution in [3.05, 3.63) is 0 Å². The van der Waals surface area contributed by atoms with Crippen LogP contribution in [0.1, 0.15) is 51.4 Å². The van der Waals surface area contributed by atoms with Gasteiger partial charge in [-0.25, -0.2) is 0 Å². The van der Waals surface area contributed by atoms with Crippen molar-refractivity contribution in [1.29, 1.82) is 0 Å². The Labute approximate surface area is 116 Å². The van der Waals surface area contributed by atoms with Crippen molar-refractivity contribution in [3.63, 3.8) is 0 Å². The molecule has 0 amide bonds. The largest absolute Gasteiger partial charge is 0.389 e. The number of nitrogens with one attached hydrogen (secondary N) is 1. The minimum Gasteiger partial charge on any atom is -0.389 e. The summed E-state index contributed by atoms with van der Waals surface area (Å²) in [4.78, 5) is 0. The maximum absolute atomic E-state index is 9.85. The Hall–Kier alpha value is -0.160. The molecule has 2 atom stereocenters. The Kier molecular flexibility index (Phi) is 7.14. The minimum absolute atomic E-state index is 0.383. The third-order valence-corrected chi connectivity index (χ3v) is 4.12. The van der Waals surface area contributed by atoms with Gasteiger partial charge in [-0.05, 0) is 38.6 Å². The molecule has 1 heterocycles. The molecule has 0 bridgehead atoms. The van der Waals surface area contributed by atoms with E-state index in [-0.39, 0.29) is 6.10 Å². The van der Waals surface area contributed by atoms with Gasteiger partial charge in [-0.1, -0.05) is 19.3 Å². The second-order valence-corrected chi connectivity index (χ2v) is 5.88. The lowest BCUT2D eigenvalue weighted by Crippen LogP contribution is -2.33. The lowest BCUT2D eigenvalue weighted by atomic mass is 9.98. The summed E-state index contributed by atoms with van der Waals surface area (Å²) in [5, 5.41) is 13.1. The van der Waals surface area contributed by atoms with Gasteiger partial charge < -0.3 is 19.9 Å². The van der Waals surface area contributed by atoms with Crippen LogP contribution in [0.25, 0.3) is 0 Å². The molecule has 0 radical (unpaired) electrons. The second kappa shape index (κ2) is 8.90. The second-order valence-electron chi connectivity index (χ2n) is 5.88. The smallest absolute Gasteiger partial charge is 0.0897 e. The van der Waals surface area contributed by atoms with Crippen molar-refractivity contribution < 1.29 is 14.6 Å². The Morgan fingerprint density at radius 1 is 1.16 bits per heavy atom. The van der Waals surface area contributed by atoms with Crippen LogP contribution in [0.5, 0.6) is 0 Å². The van der Waals surface area contributed by atoms with E-state index in [0.717, 1.165) is 19.6 Å². The van der Waals surface area contributed by atoms with Gasteiger partial charge in [0.1, 0.15) is 0 Å². The minimum atomic E-state index is -0.383. The topological polar surface area (TPSA) is 50.7 Å². The molecular formula is C15H29NO3. The number of aliphatic hydroxyl groups is 1. The highest BCUT2D eigenvalue weighted by molar-refractivity contribution is 4.69. The number of hydrogen-bond donors (Lipinski definition) is 2. The molecular weight excluding hydrogens is 242 g/mol. The highest BCUT2D eigenvalue weighted by Gasteiger charge is 2.16. The van der Waals surface area contributed by atoms with Crippen LogP contribution in [0, 0.1) is 0 Å². The predicted molar refractivity (Wildman–Crippen MR) is 75.3 cm³/mol. The molecule has 4 nitrogen and oxygen atoms in total. The van der Waals surface area contributed by atoms with Crippen molar-refractivity contribution in [2.75, 3.05) is 26.3 Å². The zero-order chi connectivity index (χ0) is 13.3. The van der Waals surface area contributed by atoms with Crippen molar-refractivity contribution in [1.82, 2.24) is 5.32 Å². The number of aliphatic hydroxyl groups excluding tert-OH is 1. The third-order valence-electron chi connectivity index (χ3n) is 4.12. The van der Waals surface area contributed by atoms with Gasteiger partial charge in [-0.3, -0.25) is 0 Å². The molecule has 2 aliphatic rings. The van der Waals surface area contributed by atoms with Gasteiger partial charge in [0.25, 0.3) is 0 Å². The number of ether oxygens (including phenoxy) is 2. The SMILES string of the molecule is OC(CNCCC1CCCO1)COC1CCCCC1. The average Bonchev–Trinajstić information content (AvgIpc) is 2.96. The molecule has 2 N–H and O–H groups in total. The highest BCUT2D eigenvalue weighted by Crippen LogP contribution is 2.20. The van der Waals surface area contributed by atoms with E-state index in [4.69, 9.17) is 9.47 Å². The van der Waals surface area contributed by atoms with Gasteiger partial charge >= 0.3 is 0 Å². The van der Waals surface area contributed by atoms with Crippen LogP contribution >= 0.6 is 0 Å². The molecule has 112 valence electrons. The van der Waals surface area contributed by atoms with E-state index in [2.05, 4.69) is 5.32 Å². The van der Waals surface area contributed by atoms with E-state index >= 15 is 0 Å². The van der Waals surface area contributed by atoms with E-state index in [9.17, 15) is 5.11 Å². The summed E-state index contributed by atoms with van der Waals surface area (Å²) in [7, 11) is 0. The standard InChI is InChI=1S/C15H29NO3/c17-13(12-19-14-5-2-1-3-6-14)11-16-9-8-15-7-4-10-18-15/h13-17H,1-12H2. The molecule has 0 spiro atoms. The summed E-state index contributed by atoms with van der Waals surface area (Å²) in [6, 6.07) is 0. The van der Waals surface area contributed by atoms with E-state index in [1.165, 1.54) is 44.9 Å². The van der Waals surface area contributed by atoms with E-state index in [1.807, 2.05) is 0 Å². The van der Waals surface area contributed by atoms with Crippen LogP contribution in [0.4, 0.5) is 0 Å². The van der Waals surface area contributed by atoms with Crippen molar-refractivity contribution in [2.45, 2.75) is 69.7 Å². The Morgan fingerprint density at radius 2 is 2.00 bits per heavy atom. The molecule has 0 aromatic rings. The zero-order valence-electron chi connectivity index (χ0n) is 12.0. The lowest BCUT2D eigenvalue weighted by molar-refractivity contribution is -0.0231. The summed E-state index contributed by atoms with van der Waals surface area (Å²) < 4.78 is 11.3. The molecule has 1 saturated carbocycles. The van der Waals surface area contributed by atoms with Crippen LogP contribution < -0.4 is 5.32 Å². The van der Waals surface area contributed by atoms with Crippen LogP contribution in [0.2, 0.25) is 0 Å². The van der Waals surface area contributed by atoms with Crippen LogP contribution in [0.3, 0.4) is 0 Å². The van der Waals surface area contributed by atoms with Crippen LogP contribution in [-0.4, -0.2) is 49.7 Å². The predicted octanol–water partition coefficient (Wildman–Crippen LogP) is 1.86. The van der Waals surface area contributed by atoms with Gasteiger partial charge in [0.05, 0.1) is 24.9 Å². The third kappa shape index (κ3) is 6.21. The summed E-state index contributed by atoms with van der Waals surface area (Å²) in [5.74, 6) is 0. The Bertz CT molecular complexity index is 225. The van der Waals surface area contributed by atoms with E-state index < -0.39 is 0 Å². The Morgan fingerprint density at radius 3 is 2.74 bits per heavy atom. The van der Waals surface area contributed by atoms with Crippen molar-refractivity contribution in [2.24, 2.45) is 0 Å². The molecule has 19 heavy (non-hydrogen) atoms. The zero-order valence-corrected chi connectivity index (χ0v) is 12.0. The molecule has 2 fully saturated rings. The van der Waals surface area contributed by atoms with Crippen molar-refractivity contribution >= 4 is 0 Å².